The van der Waals surface area contributed by atoms with Gasteiger partial charge in [-0.25, -0.2) is 0 Å². The monoisotopic (exact) mass is 233 g/mol. The molecule has 0 saturated heterocycles. The minimum absolute atomic E-state index is 0.185. The molecule has 0 aliphatic rings. The van der Waals surface area contributed by atoms with Crippen molar-refractivity contribution in [1.29, 1.82) is 0 Å². The lowest BCUT2D eigenvalue weighted by Gasteiger charge is -2.03. The first-order chi connectivity index (χ1) is 8.24. The van der Waals surface area contributed by atoms with Crippen LogP contribution in [-0.4, -0.2) is 11.8 Å². The van der Waals surface area contributed by atoms with E-state index in [2.05, 4.69) is 12.2 Å². The van der Waals surface area contributed by atoms with E-state index in [1.165, 1.54) is 0 Å². The fourth-order valence-corrected chi connectivity index (χ4v) is 1.56. The summed E-state index contributed by atoms with van der Waals surface area (Å²) >= 11 is 0. The molecule has 0 bridgehead atoms. The van der Waals surface area contributed by atoms with Crippen molar-refractivity contribution in [3.05, 3.63) is 35.9 Å². The molecule has 1 aromatic rings. The Morgan fingerprint density at radius 3 is 2.41 bits per heavy atom. The SMILES string of the molecule is CCCCCCC(=O)NC(=O)c1ccccc1. The van der Waals surface area contributed by atoms with Crippen LogP contribution in [0.4, 0.5) is 0 Å². The van der Waals surface area contributed by atoms with Gasteiger partial charge >= 0.3 is 0 Å². The number of carbonyl (C=O) groups is 2. The van der Waals surface area contributed by atoms with Gasteiger partial charge in [-0.15, -0.1) is 0 Å². The number of rotatable bonds is 6. The van der Waals surface area contributed by atoms with E-state index >= 15 is 0 Å². The van der Waals surface area contributed by atoms with Crippen molar-refractivity contribution < 1.29 is 9.59 Å². The maximum absolute atomic E-state index is 11.6. The summed E-state index contributed by atoms with van der Waals surface area (Å²) in [4.78, 5) is 23.1. The normalized spacial score (nSPS) is 9.94. The maximum atomic E-state index is 11.6. The number of imide groups is 1. The van der Waals surface area contributed by atoms with Crippen LogP contribution in [0, 0.1) is 0 Å². The van der Waals surface area contributed by atoms with Gasteiger partial charge in [0, 0.05) is 12.0 Å². The highest BCUT2D eigenvalue weighted by atomic mass is 16.2. The summed E-state index contributed by atoms with van der Waals surface area (Å²) in [6.07, 6.45) is 4.61. The largest absolute Gasteiger partial charge is 0.292 e. The predicted molar refractivity (Wildman–Crippen MR) is 67.7 cm³/mol. The molecule has 0 atom stereocenters. The van der Waals surface area contributed by atoms with Gasteiger partial charge in [-0.05, 0) is 18.6 Å². The maximum Gasteiger partial charge on any atom is 0.257 e. The van der Waals surface area contributed by atoms with Gasteiger partial charge in [0.05, 0.1) is 0 Å². The quantitative estimate of drug-likeness (QED) is 0.768. The minimum atomic E-state index is -0.314. The molecule has 0 saturated carbocycles. The van der Waals surface area contributed by atoms with Gasteiger partial charge in [0.2, 0.25) is 5.91 Å². The van der Waals surface area contributed by atoms with Gasteiger partial charge < -0.3 is 0 Å². The molecule has 1 rings (SSSR count). The Balaban J connectivity index is 2.29. The van der Waals surface area contributed by atoms with Crippen LogP contribution in [0.5, 0.6) is 0 Å². The Kier molecular flexibility index (Phi) is 6.00. The molecule has 3 nitrogen and oxygen atoms in total. The number of amides is 2. The summed E-state index contributed by atoms with van der Waals surface area (Å²) in [5.41, 5.74) is 0.523. The fraction of sp³-hybridized carbons (Fsp3) is 0.429. The second-order valence-corrected chi connectivity index (χ2v) is 4.05. The molecule has 0 aromatic heterocycles. The topological polar surface area (TPSA) is 46.2 Å². The Hall–Kier alpha value is -1.64. The van der Waals surface area contributed by atoms with Crippen LogP contribution in [0.1, 0.15) is 49.4 Å². The molecule has 2 amide bonds. The zero-order valence-corrected chi connectivity index (χ0v) is 10.2. The van der Waals surface area contributed by atoms with E-state index < -0.39 is 0 Å². The summed E-state index contributed by atoms with van der Waals surface area (Å²) in [5.74, 6) is -0.499. The molecule has 0 spiro atoms. The zero-order chi connectivity index (χ0) is 12.5. The Morgan fingerprint density at radius 1 is 1.06 bits per heavy atom. The third-order valence-corrected chi connectivity index (χ3v) is 2.55. The third-order valence-electron chi connectivity index (χ3n) is 2.55. The Bertz CT molecular complexity index is 360. The van der Waals surface area contributed by atoms with Crippen LogP contribution < -0.4 is 5.32 Å². The van der Waals surface area contributed by atoms with E-state index in [0.717, 1.165) is 25.7 Å². The van der Waals surface area contributed by atoms with E-state index in [1.54, 1.807) is 24.3 Å². The van der Waals surface area contributed by atoms with Crippen molar-refractivity contribution in [2.45, 2.75) is 39.0 Å². The van der Waals surface area contributed by atoms with E-state index in [1.807, 2.05) is 6.07 Å². The number of nitrogens with one attached hydrogen (secondary N) is 1. The molecule has 1 N–H and O–H groups in total. The number of unbranched alkanes of at least 4 members (excludes halogenated alkanes) is 3. The summed E-state index contributed by atoms with van der Waals surface area (Å²) in [6.45, 7) is 2.12. The van der Waals surface area contributed by atoms with Crippen LogP contribution in [0.2, 0.25) is 0 Å². The van der Waals surface area contributed by atoms with E-state index in [4.69, 9.17) is 0 Å². The first kappa shape index (κ1) is 13.4. The number of carbonyl (C=O) groups excluding carboxylic acids is 2. The van der Waals surface area contributed by atoms with Crippen molar-refractivity contribution in [2.24, 2.45) is 0 Å². The molecule has 0 aliphatic carbocycles. The van der Waals surface area contributed by atoms with Crippen LogP contribution in [0.25, 0.3) is 0 Å². The standard InChI is InChI=1S/C14H19NO2/c1-2-3-4-8-11-13(16)15-14(17)12-9-6-5-7-10-12/h5-7,9-10H,2-4,8,11H2,1H3,(H,15,16,17). The van der Waals surface area contributed by atoms with Crippen molar-refractivity contribution in [2.75, 3.05) is 0 Å². The molecule has 0 aliphatic heterocycles. The summed E-state index contributed by atoms with van der Waals surface area (Å²) in [5, 5.41) is 2.40. The van der Waals surface area contributed by atoms with Gasteiger partial charge in [0.15, 0.2) is 0 Å². The second kappa shape index (κ2) is 7.60. The average Bonchev–Trinajstić information content (AvgIpc) is 2.36. The molecule has 17 heavy (non-hydrogen) atoms. The molecule has 0 radical (unpaired) electrons. The molecule has 92 valence electrons. The number of hydrogen-bond acceptors (Lipinski definition) is 2. The van der Waals surface area contributed by atoms with E-state index in [9.17, 15) is 9.59 Å². The Labute approximate surface area is 102 Å². The molecule has 0 heterocycles. The van der Waals surface area contributed by atoms with Gasteiger partial charge in [0.25, 0.3) is 5.91 Å². The first-order valence-corrected chi connectivity index (χ1v) is 6.13. The number of benzene rings is 1. The van der Waals surface area contributed by atoms with Gasteiger partial charge in [-0.1, -0.05) is 44.4 Å². The molecule has 3 heteroatoms. The first-order valence-electron chi connectivity index (χ1n) is 6.13. The second-order valence-electron chi connectivity index (χ2n) is 4.05. The molecular weight excluding hydrogens is 214 g/mol. The molecular formula is C14H19NO2. The number of hydrogen-bond donors (Lipinski definition) is 1. The van der Waals surface area contributed by atoms with Crippen molar-refractivity contribution in [1.82, 2.24) is 5.32 Å². The predicted octanol–water partition coefficient (Wildman–Crippen LogP) is 2.91. The van der Waals surface area contributed by atoms with Crippen molar-refractivity contribution in [3.8, 4) is 0 Å². The highest BCUT2D eigenvalue weighted by molar-refractivity contribution is 6.04. The molecule has 1 aromatic carbocycles. The van der Waals surface area contributed by atoms with Gasteiger partial charge in [-0.2, -0.15) is 0 Å². The lowest BCUT2D eigenvalue weighted by atomic mass is 10.1. The van der Waals surface area contributed by atoms with Crippen LogP contribution in [0.3, 0.4) is 0 Å². The van der Waals surface area contributed by atoms with Crippen LogP contribution >= 0.6 is 0 Å². The lowest BCUT2D eigenvalue weighted by Crippen LogP contribution is -2.30. The summed E-state index contributed by atoms with van der Waals surface area (Å²) in [7, 11) is 0. The van der Waals surface area contributed by atoms with Crippen molar-refractivity contribution in [3.63, 3.8) is 0 Å². The van der Waals surface area contributed by atoms with Crippen LogP contribution in [-0.2, 0) is 4.79 Å². The zero-order valence-electron chi connectivity index (χ0n) is 10.2. The highest BCUT2D eigenvalue weighted by Gasteiger charge is 2.08. The third kappa shape index (κ3) is 5.29. The highest BCUT2D eigenvalue weighted by Crippen LogP contribution is 2.03. The minimum Gasteiger partial charge on any atom is -0.292 e. The Morgan fingerprint density at radius 2 is 1.76 bits per heavy atom. The van der Waals surface area contributed by atoms with Gasteiger partial charge in [-0.3, -0.25) is 14.9 Å². The lowest BCUT2D eigenvalue weighted by molar-refractivity contribution is -0.120. The smallest absolute Gasteiger partial charge is 0.257 e. The summed E-state index contributed by atoms with van der Waals surface area (Å²) < 4.78 is 0. The fourth-order valence-electron chi connectivity index (χ4n) is 1.56. The summed E-state index contributed by atoms with van der Waals surface area (Å²) in [6, 6.07) is 8.78. The van der Waals surface area contributed by atoms with Crippen molar-refractivity contribution >= 4 is 11.8 Å². The van der Waals surface area contributed by atoms with E-state index in [0.29, 0.717) is 12.0 Å². The van der Waals surface area contributed by atoms with Crippen LogP contribution in [0.15, 0.2) is 30.3 Å². The van der Waals surface area contributed by atoms with E-state index in [-0.39, 0.29) is 11.8 Å². The van der Waals surface area contributed by atoms with Gasteiger partial charge in [0.1, 0.15) is 0 Å². The molecule has 0 fully saturated rings. The molecule has 0 unspecified atom stereocenters. The average molecular weight is 233 g/mol.